The highest BCUT2D eigenvalue weighted by Gasteiger charge is 2.47. The number of hydrogen-bond donors (Lipinski definition) is 1. The molecule has 5 aromatic rings. The molecule has 3 heterocycles. The minimum absolute atomic E-state index is 0.0622. The molecule has 0 fully saturated rings. The van der Waals surface area contributed by atoms with Crippen molar-refractivity contribution >= 4 is 62.5 Å². The standard InChI is InChI=1S/C35H32ClN3O7S2/c1-19(2)14-15-45-24-13-10-21(16-26(24)44-4)29-28(30(40)27-17-22-6-5-7-25(43-3)32(22)46-27)31(41)33(42)39(29)34-37-38-35(48-34)47-18-20-8-11-23(36)12-9-20/h5-13,16-17,19,29,41H,14-15,18H2,1-4H3. The average Bonchev–Trinajstić information content (AvgIpc) is 3.80. The molecule has 248 valence electrons. The molecule has 1 N–H and O–H groups in total. The summed E-state index contributed by atoms with van der Waals surface area (Å²) in [7, 11) is 3.02. The number of para-hydroxylation sites is 1. The molecule has 0 spiro atoms. The van der Waals surface area contributed by atoms with Gasteiger partial charge in [-0.1, -0.05) is 78.9 Å². The van der Waals surface area contributed by atoms with Gasteiger partial charge in [0.2, 0.25) is 10.9 Å². The number of amides is 1. The highest BCUT2D eigenvalue weighted by atomic mass is 35.5. The molecule has 10 nitrogen and oxygen atoms in total. The zero-order valence-electron chi connectivity index (χ0n) is 26.6. The summed E-state index contributed by atoms with van der Waals surface area (Å²) in [6.07, 6.45) is 0.850. The SMILES string of the molecule is COc1cc(C2C(C(=O)c3cc4cccc(OC)c4o3)=C(O)C(=O)N2c2nnc(SCc3ccc(Cl)cc3)s2)ccc1OCCC(C)C. The number of aromatic nitrogens is 2. The van der Waals surface area contributed by atoms with Gasteiger partial charge in [-0.05, 0) is 59.9 Å². The number of ether oxygens (including phenoxy) is 3. The summed E-state index contributed by atoms with van der Waals surface area (Å²) < 4.78 is 23.6. The first kappa shape index (κ1) is 33.4. The second-order valence-electron chi connectivity index (χ2n) is 11.4. The number of aliphatic hydroxyl groups excluding tert-OH is 1. The Bertz CT molecular complexity index is 2000. The number of aliphatic hydroxyl groups is 1. The van der Waals surface area contributed by atoms with Gasteiger partial charge in [-0.15, -0.1) is 10.2 Å². The number of hydrogen-bond acceptors (Lipinski definition) is 11. The molecule has 1 amide bonds. The number of rotatable bonds is 13. The van der Waals surface area contributed by atoms with E-state index < -0.39 is 23.5 Å². The van der Waals surface area contributed by atoms with Crippen molar-refractivity contribution in [2.24, 2.45) is 5.92 Å². The number of carbonyl (C=O) groups excluding carboxylic acids is 2. The first-order valence-corrected chi connectivity index (χ1v) is 17.3. The van der Waals surface area contributed by atoms with E-state index in [1.54, 1.807) is 42.5 Å². The number of thioether (sulfide) groups is 1. The van der Waals surface area contributed by atoms with Gasteiger partial charge in [-0.2, -0.15) is 0 Å². The average molecular weight is 706 g/mol. The summed E-state index contributed by atoms with van der Waals surface area (Å²) in [5, 5.41) is 21.4. The minimum atomic E-state index is -1.08. The summed E-state index contributed by atoms with van der Waals surface area (Å²) in [4.78, 5) is 29.3. The van der Waals surface area contributed by atoms with Gasteiger partial charge in [0.1, 0.15) is 0 Å². The molecule has 0 saturated carbocycles. The largest absolute Gasteiger partial charge is 0.503 e. The van der Waals surface area contributed by atoms with Crippen LogP contribution in [0.25, 0.3) is 11.0 Å². The smallest absolute Gasteiger partial charge is 0.296 e. The number of furan rings is 1. The van der Waals surface area contributed by atoms with E-state index in [4.69, 9.17) is 30.2 Å². The highest BCUT2D eigenvalue weighted by molar-refractivity contribution is 8.00. The highest BCUT2D eigenvalue weighted by Crippen LogP contribution is 2.46. The van der Waals surface area contributed by atoms with E-state index in [1.807, 2.05) is 24.3 Å². The molecule has 1 aliphatic heterocycles. The summed E-state index contributed by atoms with van der Waals surface area (Å²) in [5.41, 5.74) is 1.73. The molecular formula is C35H32ClN3O7S2. The first-order valence-electron chi connectivity index (χ1n) is 15.1. The fraction of sp³-hybridized carbons (Fsp3) is 0.257. The zero-order chi connectivity index (χ0) is 33.9. The number of anilines is 1. The topological polar surface area (TPSA) is 124 Å². The molecule has 0 bridgehead atoms. The van der Waals surface area contributed by atoms with Crippen LogP contribution in [0.4, 0.5) is 5.13 Å². The Morgan fingerprint density at radius 2 is 1.81 bits per heavy atom. The van der Waals surface area contributed by atoms with E-state index in [2.05, 4.69) is 24.0 Å². The van der Waals surface area contributed by atoms with Crippen molar-refractivity contribution in [2.75, 3.05) is 25.7 Å². The molecule has 3 aromatic carbocycles. The van der Waals surface area contributed by atoms with Crippen LogP contribution in [0.2, 0.25) is 5.02 Å². The second-order valence-corrected chi connectivity index (χ2v) is 14.0. The molecule has 0 saturated heterocycles. The van der Waals surface area contributed by atoms with Crippen LogP contribution in [-0.4, -0.2) is 47.8 Å². The van der Waals surface area contributed by atoms with E-state index in [9.17, 15) is 14.7 Å². The fourth-order valence-electron chi connectivity index (χ4n) is 5.25. The Labute approximate surface area is 290 Å². The molecular weight excluding hydrogens is 674 g/mol. The Morgan fingerprint density at radius 3 is 2.54 bits per heavy atom. The Morgan fingerprint density at radius 1 is 1.04 bits per heavy atom. The third-order valence-electron chi connectivity index (χ3n) is 7.74. The van der Waals surface area contributed by atoms with Gasteiger partial charge < -0.3 is 23.7 Å². The van der Waals surface area contributed by atoms with Crippen LogP contribution < -0.4 is 19.1 Å². The molecule has 13 heteroatoms. The van der Waals surface area contributed by atoms with Gasteiger partial charge in [0.15, 0.2) is 38.7 Å². The van der Waals surface area contributed by atoms with E-state index in [-0.39, 0.29) is 16.5 Å². The molecule has 48 heavy (non-hydrogen) atoms. The van der Waals surface area contributed by atoms with E-state index in [0.717, 1.165) is 12.0 Å². The number of benzene rings is 3. The number of nitrogens with zero attached hydrogens (tertiary/aromatic N) is 3. The van der Waals surface area contributed by atoms with Crippen LogP contribution in [0.1, 0.15) is 48.0 Å². The van der Waals surface area contributed by atoms with Crippen LogP contribution in [0.5, 0.6) is 17.2 Å². The van der Waals surface area contributed by atoms with Crippen molar-refractivity contribution in [1.82, 2.24) is 10.2 Å². The number of halogens is 1. The summed E-state index contributed by atoms with van der Waals surface area (Å²) in [6, 6.07) is 18.4. The molecule has 6 rings (SSSR count). The predicted molar refractivity (Wildman–Crippen MR) is 186 cm³/mol. The molecule has 1 atom stereocenters. The number of carbonyl (C=O) groups is 2. The molecule has 1 aliphatic rings. The van der Waals surface area contributed by atoms with E-state index in [1.165, 1.54) is 42.2 Å². The lowest BCUT2D eigenvalue weighted by Gasteiger charge is -2.24. The minimum Gasteiger partial charge on any atom is -0.503 e. The Balaban J connectivity index is 1.38. The third-order valence-corrected chi connectivity index (χ3v) is 10.1. The first-order chi connectivity index (χ1) is 23.2. The van der Waals surface area contributed by atoms with Gasteiger partial charge >= 0.3 is 0 Å². The molecule has 2 aromatic heterocycles. The third kappa shape index (κ3) is 6.73. The maximum atomic E-state index is 14.2. The van der Waals surface area contributed by atoms with Gasteiger partial charge in [0, 0.05) is 16.2 Å². The summed E-state index contributed by atoms with van der Waals surface area (Å²) in [6.45, 7) is 4.71. The fourth-order valence-corrected chi connectivity index (χ4v) is 7.20. The Kier molecular flexibility index (Phi) is 9.95. The quantitative estimate of drug-likeness (QED) is 0.0725. The van der Waals surface area contributed by atoms with Crippen molar-refractivity contribution in [3.8, 4) is 17.2 Å². The zero-order valence-corrected chi connectivity index (χ0v) is 28.9. The van der Waals surface area contributed by atoms with Crippen molar-refractivity contribution in [3.63, 3.8) is 0 Å². The van der Waals surface area contributed by atoms with Crippen molar-refractivity contribution in [2.45, 2.75) is 36.4 Å². The van der Waals surface area contributed by atoms with Crippen molar-refractivity contribution in [3.05, 3.63) is 100.0 Å². The second kappa shape index (κ2) is 14.3. The molecule has 0 radical (unpaired) electrons. The van der Waals surface area contributed by atoms with Gasteiger partial charge in [0.25, 0.3) is 5.91 Å². The van der Waals surface area contributed by atoms with Crippen LogP contribution in [-0.2, 0) is 10.5 Å². The van der Waals surface area contributed by atoms with Crippen LogP contribution >= 0.6 is 34.7 Å². The number of fused-ring (bicyclic) bond motifs is 1. The van der Waals surface area contributed by atoms with Gasteiger partial charge in [0.05, 0.1) is 32.4 Å². The predicted octanol–water partition coefficient (Wildman–Crippen LogP) is 8.46. The van der Waals surface area contributed by atoms with Crippen molar-refractivity contribution in [1.29, 1.82) is 0 Å². The summed E-state index contributed by atoms with van der Waals surface area (Å²) >= 11 is 8.64. The normalized spacial score (nSPS) is 14.8. The van der Waals surface area contributed by atoms with E-state index >= 15 is 0 Å². The maximum absolute atomic E-state index is 14.2. The lowest BCUT2D eigenvalue weighted by atomic mass is 9.95. The Hall–Kier alpha value is -4.52. The lowest BCUT2D eigenvalue weighted by Crippen LogP contribution is -2.31. The lowest BCUT2D eigenvalue weighted by molar-refractivity contribution is -0.117. The molecule has 1 unspecified atom stereocenters. The van der Waals surface area contributed by atoms with Crippen molar-refractivity contribution < 1.29 is 33.3 Å². The van der Waals surface area contributed by atoms with Gasteiger partial charge in [-0.3, -0.25) is 14.5 Å². The van der Waals surface area contributed by atoms with E-state index in [0.29, 0.717) is 61.4 Å². The van der Waals surface area contributed by atoms with Crippen LogP contribution in [0.15, 0.2) is 86.8 Å². The van der Waals surface area contributed by atoms with Crippen LogP contribution in [0.3, 0.4) is 0 Å². The summed E-state index contributed by atoms with van der Waals surface area (Å²) in [5.74, 6) is 0.193. The maximum Gasteiger partial charge on any atom is 0.296 e. The number of methoxy groups -OCH3 is 2. The molecule has 0 aliphatic carbocycles. The number of Topliss-reactive ketones (excluding diaryl/α,β-unsaturated/α-hetero) is 1. The van der Waals surface area contributed by atoms with Gasteiger partial charge in [-0.25, -0.2) is 0 Å². The monoisotopic (exact) mass is 705 g/mol. The van der Waals surface area contributed by atoms with Crippen LogP contribution in [0, 0.1) is 5.92 Å². The number of ketones is 1.